The number of carbonyl (C=O) groups is 1. The first-order valence-electron chi connectivity index (χ1n) is 8.32. The van der Waals surface area contributed by atoms with E-state index in [1.54, 1.807) is 12.1 Å². The summed E-state index contributed by atoms with van der Waals surface area (Å²) in [6.45, 7) is 2.48. The Bertz CT molecular complexity index is 931. The maximum Gasteiger partial charge on any atom is 0.275 e. The van der Waals surface area contributed by atoms with Gasteiger partial charge in [0, 0.05) is 17.6 Å². The summed E-state index contributed by atoms with van der Waals surface area (Å²) in [7, 11) is 1.52. The van der Waals surface area contributed by atoms with Gasteiger partial charge in [0.1, 0.15) is 17.3 Å². The summed E-state index contributed by atoms with van der Waals surface area (Å²) < 4.78 is 5.27. The van der Waals surface area contributed by atoms with E-state index in [0.29, 0.717) is 28.8 Å². The average molecular weight is 383 g/mol. The lowest BCUT2D eigenvalue weighted by Crippen LogP contribution is -2.15. The molecule has 0 spiro atoms. The van der Waals surface area contributed by atoms with Gasteiger partial charge in [-0.05, 0) is 24.1 Å². The van der Waals surface area contributed by atoms with Crippen molar-refractivity contribution in [3.8, 4) is 5.75 Å². The molecule has 2 aromatic carbocycles. The number of hydrogen-bond acceptors (Lipinski definition) is 5. The Balaban J connectivity index is 1.66. The van der Waals surface area contributed by atoms with Crippen LogP contribution in [0.3, 0.4) is 0 Å². The number of aromatic nitrogens is 2. The molecule has 3 rings (SSSR count). The second-order valence-electron chi connectivity index (χ2n) is 5.88. The normalized spacial score (nSPS) is 10.3. The molecule has 0 unspecified atom stereocenters. The van der Waals surface area contributed by atoms with E-state index in [2.05, 4.69) is 20.6 Å². The molecule has 138 valence electrons. The van der Waals surface area contributed by atoms with Crippen molar-refractivity contribution in [2.75, 3.05) is 17.7 Å². The molecule has 0 atom stereocenters. The number of halogens is 1. The standard InChI is InChI=1S/C20H19ClN4O2/c1-13-8-16(18(27-2)9-15(13)21)25-20(26)17-11-24-19(12-22-17)23-10-14-6-4-3-5-7-14/h3-9,11-12H,10H2,1-2H3,(H,23,24)(H,25,26). The maximum atomic E-state index is 12.4. The number of methoxy groups -OCH3 is 1. The number of benzene rings is 2. The van der Waals surface area contributed by atoms with Crippen LogP contribution >= 0.6 is 11.6 Å². The van der Waals surface area contributed by atoms with E-state index < -0.39 is 0 Å². The number of anilines is 2. The lowest BCUT2D eigenvalue weighted by molar-refractivity contribution is 0.102. The summed E-state index contributed by atoms with van der Waals surface area (Å²) in [6.07, 6.45) is 2.96. The van der Waals surface area contributed by atoms with Gasteiger partial charge in [-0.3, -0.25) is 4.79 Å². The van der Waals surface area contributed by atoms with Crippen LogP contribution in [0.5, 0.6) is 5.75 Å². The van der Waals surface area contributed by atoms with Gasteiger partial charge < -0.3 is 15.4 Å². The van der Waals surface area contributed by atoms with Gasteiger partial charge in [0.2, 0.25) is 0 Å². The van der Waals surface area contributed by atoms with E-state index in [0.717, 1.165) is 11.1 Å². The summed E-state index contributed by atoms with van der Waals surface area (Å²) in [5, 5.41) is 6.51. The van der Waals surface area contributed by atoms with Crippen LogP contribution in [0.4, 0.5) is 11.5 Å². The zero-order valence-electron chi connectivity index (χ0n) is 15.0. The van der Waals surface area contributed by atoms with Crippen LogP contribution in [-0.4, -0.2) is 23.0 Å². The van der Waals surface area contributed by atoms with Gasteiger partial charge in [-0.1, -0.05) is 41.9 Å². The van der Waals surface area contributed by atoms with Crippen molar-refractivity contribution in [3.63, 3.8) is 0 Å². The van der Waals surface area contributed by atoms with Gasteiger partial charge in [0.05, 0.1) is 25.2 Å². The Morgan fingerprint density at radius 2 is 1.93 bits per heavy atom. The second-order valence-corrected chi connectivity index (χ2v) is 6.29. The summed E-state index contributed by atoms with van der Waals surface area (Å²) in [6, 6.07) is 13.4. The number of ether oxygens (including phenoxy) is 1. The molecule has 1 aromatic heterocycles. The number of hydrogen-bond donors (Lipinski definition) is 2. The number of nitrogens with zero attached hydrogens (tertiary/aromatic N) is 2. The average Bonchev–Trinajstić information content (AvgIpc) is 2.70. The lowest BCUT2D eigenvalue weighted by atomic mass is 10.2. The predicted molar refractivity (Wildman–Crippen MR) is 106 cm³/mol. The molecule has 2 N–H and O–H groups in total. The van der Waals surface area contributed by atoms with Crippen molar-refractivity contribution in [3.05, 3.63) is 76.7 Å². The highest BCUT2D eigenvalue weighted by Crippen LogP contribution is 2.31. The monoisotopic (exact) mass is 382 g/mol. The topological polar surface area (TPSA) is 76.1 Å². The molecule has 1 amide bonds. The molecule has 6 nitrogen and oxygen atoms in total. The quantitative estimate of drug-likeness (QED) is 0.664. The molecule has 1 heterocycles. The molecule has 0 aliphatic heterocycles. The highest BCUT2D eigenvalue weighted by atomic mass is 35.5. The van der Waals surface area contributed by atoms with Gasteiger partial charge in [0.25, 0.3) is 5.91 Å². The van der Waals surface area contributed by atoms with Crippen LogP contribution < -0.4 is 15.4 Å². The zero-order chi connectivity index (χ0) is 19.2. The molecule has 0 bridgehead atoms. The minimum Gasteiger partial charge on any atom is -0.495 e. The van der Waals surface area contributed by atoms with Crippen LogP contribution in [0.15, 0.2) is 54.9 Å². The van der Waals surface area contributed by atoms with Crippen molar-refractivity contribution < 1.29 is 9.53 Å². The largest absolute Gasteiger partial charge is 0.495 e. The number of carbonyl (C=O) groups excluding carboxylic acids is 1. The second kappa shape index (κ2) is 8.51. The maximum absolute atomic E-state index is 12.4. The first-order chi connectivity index (χ1) is 13.1. The first-order valence-corrected chi connectivity index (χ1v) is 8.70. The summed E-state index contributed by atoms with van der Waals surface area (Å²) >= 11 is 6.09. The van der Waals surface area contributed by atoms with Gasteiger partial charge in [-0.25, -0.2) is 9.97 Å². The SMILES string of the molecule is COc1cc(Cl)c(C)cc1NC(=O)c1cnc(NCc2ccccc2)cn1. The van der Waals surface area contributed by atoms with E-state index in [9.17, 15) is 4.79 Å². The third-order valence-electron chi connectivity index (χ3n) is 3.93. The van der Waals surface area contributed by atoms with E-state index in [4.69, 9.17) is 16.3 Å². The Kier molecular flexibility index (Phi) is 5.88. The fourth-order valence-electron chi connectivity index (χ4n) is 2.44. The van der Waals surface area contributed by atoms with Crippen LogP contribution in [0.1, 0.15) is 21.6 Å². The van der Waals surface area contributed by atoms with E-state index in [1.807, 2.05) is 37.3 Å². The molecule has 0 saturated heterocycles. The summed E-state index contributed by atoms with van der Waals surface area (Å²) in [5.74, 6) is 0.695. The van der Waals surface area contributed by atoms with Crippen LogP contribution in [0.25, 0.3) is 0 Å². The molecule has 3 aromatic rings. The minimum atomic E-state index is -0.378. The van der Waals surface area contributed by atoms with Crippen LogP contribution in [0, 0.1) is 6.92 Å². The highest BCUT2D eigenvalue weighted by molar-refractivity contribution is 6.31. The first kappa shape index (κ1) is 18.7. The fourth-order valence-corrected chi connectivity index (χ4v) is 2.59. The molecule has 7 heteroatoms. The molecule has 0 aliphatic rings. The third-order valence-corrected chi connectivity index (χ3v) is 4.34. The Morgan fingerprint density at radius 1 is 1.15 bits per heavy atom. The van der Waals surface area contributed by atoms with E-state index in [-0.39, 0.29) is 11.6 Å². The fraction of sp³-hybridized carbons (Fsp3) is 0.150. The number of nitrogens with one attached hydrogen (secondary N) is 2. The lowest BCUT2D eigenvalue weighted by Gasteiger charge is -2.12. The number of aryl methyl sites for hydroxylation is 1. The van der Waals surface area contributed by atoms with E-state index >= 15 is 0 Å². The van der Waals surface area contributed by atoms with Gasteiger partial charge in [-0.2, -0.15) is 0 Å². The molecule has 0 aliphatic carbocycles. The van der Waals surface area contributed by atoms with E-state index in [1.165, 1.54) is 19.5 Å². The molecule has 27 heavy (non-hydrogen) atoms. The van der Waals surface area contributed by atoms with Crippen molar-refractivity contribution in [1.82, 2.24) is 9.97 Å². The Labute approximate surface area is 162 Å². The van der Waals surface area contributed by atoms with Crippen molar-refractivity contribution in [1.29, 1.82) is 0 Å². The summed E-state index contributed by atoms with van der Waals surface area (Å²) in [5.41, 5.74) is 2.69. The third kappa shape index (κ3) is 4.74. The molecule has 0 saturated carbocycles. The predicted octanol–water partition coefficient (Wildman–Crippen LogP) is 4.31. The van der Waals surface area contributed by atoms with Gasteiger partial charge in [-0.15, -0.1) is 0 Å². The van der Waals surface area contributed by atoms with Crippen molar-refractivity contribution in [2.45, 2.75) is 13.5 Å². The van der Waals surface area contributed by atoms with Crippen LogP contribution in [0.2, 0.25) is 5.02 Å². The van der Waals surface area contributed by atoms with Crippen molar-refractivity contribution in [2.24, 2.45) is 0 Å². The Morgan fingerprint density at radius 3 is 2.59 bits per heavy atom. The van der Waals surface area contributed by atoms with Crippen molar-refractivity contribution >= 4 is 29.0 Å². The molecular weight excluding hydrogens is 364 g/mol. The number of rotatable bonds is 6. The number of amides is 1. The Hall–Kier alpha value is -3.12. The van der Waals surface area contributed by atoms with Gasteiger partial charge >= 0.3 is 0 Å². The zero-order valence-corrected chi connectivity index (χ0v) is 15.7. The highest BCUT2D eigenvalue weighted by Gasteiger charge is 2.13. The molecule has 0 fully saturated rings. The van der Waals surface area contributed by atoms with Gasteiger partial charge in [0.15, 0.2) is 0 Å². The minimum absolute atomic E-state index is 0.204. The van der Waals surface area contributed by atoms with Crippen LogP contribution in [-0.2, 0) is 6.54 Å². The molecular formula is C20H19ClN4O2. The summed E-state index contributed by atoms with van der Waals surface area (Å²) in [4.78, 5) is 20.9. The molecule has 0 radical (unpaired) electrons. The smallest absolute Gasteiger partial charge is 0.275 e.